The molecule has 7 nitrogen and oxygen atoms in total. The van der Waals surface area contributed by atoms with Gasteiger partial charge < -0.3 is 15.0 Å². The molecule has 156 valence electrons. The molecule has 29 heavy (non-hydrogen) atoms. The highest BCUT2D eigenvalue weighted by Gasteiger charge is 2.29. The van der Waals surface area contributed by atoms with Gasteiger partial charge in [0.15, 0.2) is 0 Å². The van der Waals surface area contributed by atoms with Gasteiger partial charge in [-0.15, -0.1) is 0 Å². The molecule has 1 saturated heterocycles. The predicted octanol–water partition coefficient (Wildman–Crippen LogP) is 2.26. The van der Waals surface area contributed by atoms with E-state index in [4.69, 9.17) is 4.74 Å². The van der Waals surface area contributed by atoms with Crippen molar-refractivity contribution in [2.45, 2.75) is 18.2 Å². The summed E-state index contributed by atoms with van der Waals surface area (Å²) in [6, 6.07) is 14.4. The number of nitrogens with one attached hydrogen (secondary N) is 1. The lowest BCUT2D eigenvalue weighted by molar-refractivity contribution is 0.172. The molecule has 1 fully saturated rings. The zero-order valence-electron chi connectivity index (χ0n) is 16.8. The molecule has 1 aliphatic heterocycles. The van der Waals surface area contributed by atoms with E-state index in [2.05, 4.69) is 5.32 Å². The van der Waals surface area contributed by atoms with E-state index in [1.165, 1.54) is 4.31 Å². The summed E-state index contributed by atoms with van der Waals surface area (Å²) in [5, 5.41) is 2.91. The fourth-order valence-electron chi connectivity index (χ4n) is 3.32. The minimum Gasteiger partial charge on any atom is -0.496 e. The van der Waals surface area contributed by atoms with Crippen molar-refractivity contribution >= 4 is 16.1 Å². The number of urea groups is 1. The molecule has 0 aliphatic carbocycles. The number of piperazine rings is 1. The standard InChI is InChI=1S/C21H27N3O4S/c1-17-7-9-19(10-8-17)29(26,27)24-15-13-23(14-16-24)21(25)22-12-11-18-5-3-4-6-20(18)28-2/h3-10H,11-16H2,1-2H3,(H,22,25). The van der Waals surface area contributed by atoms with Crippen molar-refractivity contribution in [3.63, 3.8) is 0 Å². The Labute approximate surface area is 172 Å². The van der Waals surface area contributed by atoms with E-state index in [1.807, 2.05) is 31.2 Å². The Morgan fingerprint density at radius 2 is 1.69 bits per heavy atom. The second-order valence-electron chi connectivity index (χ2n) is 7.00. The van der Waals surface area contributed by atoms with Gasteiger partial charge in [-0.25, -0.2) is 13.2 Å². The second-order valence-corrected chi connectivity index (χ2v) is 8.94. The Hall–Kier alpha value is -2.58. The van der Waals surface area contributed by atoms with Crippen molar-refractivity contribution < 1.29 is 17.9 Å². The number of amides is 2. The summed E-state index contributed by atoms with van der Waals surface area (Å²) in [5.74, 6) is 0.802. The molecule has 1 N–H and O–H groups in total. The first kappa shape index (κ1) is 21.1. The van der Waals surface area contributed by atoms with Gasteiger partial charge in [0.25, 0.3) is 0 Å². The maximum atomic E-state index is 12.8. The number of hydrogen-bond acceptors (Lipinski definition) is 4. The molecule has 0 atom stereocenters. The van der Waals surface area contributed by atoms with Crippen LogP contribution in [0, 0.1) is 6.92 Å². The largest absolute Gasteiger partial charge is 0.496 e. The van der Waals surface area contributed by atoms with Crippen LogP contribution in [0.1, 0.15) is 11.1 Å². The maximum absolute atomic E-state index is 12.8. The number of carbonyl (C=O) groups is 1. The van der Waals surface area contributed by atoms with Crippen molar-refractivity contribution in [1.29, 1.82) is 0 Å². The monoisotopic (exact) mass is 417 g/mol. The van der Waals surface area contributed by atoms with E-state index in [1.54, 1.807) is 36.3 Å². The molecule has 3 rings (SSSR count). The third kappa shape index (κ3) is 5.07. The summed E-state index contributed by atoms with van der Waals surface area (Å²) in [5.41, 5.74) is 2.04. The zero-order valence-corrected chi connectivity index (χ0v) is 17.6. The molecule has 2 amide bonds. The normalized spacial score (nSPS) is 15.2. The lowest BCUT2D eigenvalue weighted by atomic mass is 10.1. The predicted molar refractivity (Wildman–Crippen MR) is 112 cm³/mol. The number of nitrogens with zero attached hydrogens (tertiary/aromatic N) is 2. The average Bonchev–Trinajstić information content (AvgIpc) is 2.74. The molecule has 2 aromatic rings. The number of hydrogen-bond donors (Lipinski definition) is 1. The van der Waals surface area contributed by atoms with E-state index in [-0.39, 0.29) is 24.0 Å². The summed E-state index contributed by atoms with van der Waals surface area (Å²) in [6.45, 7) is 3.71. The molecule has 0 bridgehead atoms. The SMILES string of the molecule is COc1ccccc1CCNC(=O)N1CCN(S(=O)(=O)c2ccc(C)cc2)CC1. The van der Waals surface area contributed by atoms with Crippen molar-refractivity contribution in [2.24, 2.45) is 0 Å². The molecular formula is C21H27N3O4S. The quantitative estimate of drug-likeness (QED) is 0.782. The molecule has 0 aromatic heterocycles. The Morgan fingerprint density at radius 3 is 2.34 bits per heavy atom. The van der Waals surface area contributed by atoms with Gasteiger partial charge in [-0.3, -0.25) is 0 Å². The third-order valence-electron chi connectivity index (χ3n) is 5.05. The van der Waals surface area contributed by atoms with Crippen LogP contribution >= 0.6 is 0 Å². The van der Waals surface area contributed by atoms with E-state index in [0.29, 0.717) is 26.1 Å². The number of rotatable bonds is 6. The molecule has 1 aliphatic rings. The van der Waals surface area contributed by atoms with Crippen LogP contribution in [0.15, 0.2) is 53.4 Å². The molecule has 0 saturated carbocycles. The minimum absolute atomic E-state index is 0.174. The fraction of sp³-hybridized carbons (Fsp3) is 0.381. The lowest BCUT2D eigenvalue weighted by Crippen LogP contribution is -2.53. The van der Waals surface area contributed by atoms with Crippen LogP contribution < -0.4 is 10.1 Å². The zero-order chi connectivity index (χ0) is 20.9. The van der Waals surface area contributed by atoms with Crippen molar-refractivity contribution in [1.82, 2.24) is 14.5 Å². The van der Waals surface area contributed by atoms with Gasteiger partial charge in [0.05, 0.1) is 12.0 Å². The molecular weight excluding hydrogens is 390 g/mol. The van der Waals surface area contributed by atoms with Crippen LogP contribution in [0.25, 0.3) is 0 Å². The Bertz CT molecular complexity index is 937. The summed E-state index contributed by atoms with van der Waals surface area (Å²) in [7, 11) is -1.90. The van der Waals surface area contributed by atoms with E-state index in [0.717, 1.165) is 16.9 Å². The van der Waals surface area contributed by atoms with Crippen LogP contribution in [0.4, 0.5) is 4.79 Å². The first-order valence-corrected chi connectivity index (χ1v) is 11.1. The highest BCUT2D eigenvalue weighted by atomic mass is 32.2. The Balaban J connectivity index is 1.50. The van der Waals surface area contributed by atoms with Gasteiger partial charge >= 0.3 is 6.03 Å². The summed E-state index contributed by atoms with van der Waals surface area (Å²) in [4.78, 5) is 14.4. The minimum atomic E-state index is -3.53. The highest BCUT2D eigenvalue weighted by Crippen LogP contribution is 2.19. The van der Waals surface area contributed by atoms with Crippen LogP contribution in [0.2, 0.25) is 0 Å². The fourth-order valence-corrected chi connectivity index (χ4v) is 4.74. The molecule has 1 heterocycles. The number of ether oxygens (including phenoxy) is 1. The van der Waals surface area contributed by atoms with Crippen LogP contribution in [0.3, 0.4) is 0 Å². The molecule has 0 unspecified atom stereocenters. The summed E-state index contributed by atoms with van der Waals surface area (Å²) >= 11 is 0. The van der Waals surface area contributed by atoms with Gasteiger partial charge in [0, 0.05) is 32.7 Å². The number of carbonyl (C=O) groups excluding carboxylic acids is 1. The van der Waals surface area contributed by atoms with E-state index >= 15 is 0 Å². The van der Waals surface area contributed by atoms with Gasteiger partial charge in [0.1, 0.15) is 5.75 Å². The van der Waals surface area contributed by atoms with Gasteiger partial charge in [-0.05, 0) is 37.1 Å². The van der Waals surface area contributed by atoms with E-state index < -0.39 is 10.0 Å². The van der Waals surface area contributed by atoms with Crippen molar-refractivity contribution in [2.75, 3.05) is 39.8 Å². The van der Waals surface area contributed by atoms with Gasteiger partial charge in [-0.2, -0.15) is 4.31 Å². The van der Waals surface area contributed by atoms with Gasteiger partial charge in [-0.1, -0.05) is 35.9 Å². The van der Waals surface area contributed by atoms with Crippen LogP contribution in [-0.2, 0) is 16.4 Å². The second kappa shape index (κ2) is 9.28. The smallest absolute Gasteiger partial charge is 0.317 e. The van der Waals surface area contributed by atoms with Crippen LogP contribution in [-0.4, -0.2) is 63.5 Å². The summed E-state index contributed by atoms with van der Waals surface area (Å²) < 4.78 is 32.3. The first-order chi connectivity index (χ1) is 13.9. The summed E-state index contributed by atoms with van der Waals surface area (Å²) in [6.07, 6.45) is 0.664. The van der Waals surface area contributed by atoms with Crippen LogP contribution in [0.5, 0.6) is 5.75 Å². The maximum Gasteiger partial charge on any atom is 0.317 e. The van der Waals surface area contributed by atoms with Crippen molar-refractivity contribution in [3.8, 4) is 5.75 Å². The van der Waals surface area contributed by atoms with Crippen molar-refractivity contribution in [3.05, 3.63) is 59.7 Å². The molecule has 0 radical (unpaired) electrons. The molecule has 8 heteroatoms. The number of para-hydroxylation sites is 1. The Kier molecular flexibility index (Phi) is 6.76. The van der Waals surface area contributed by atoms with E-state index in [9.17, 15) is 13.2 Å². The van der Waals surface area contributed by atoms with Gasteiger partial charge in [0.2, 0.25) is 10.0 Å². The topological polar surface area (TPSA) is 79.0 Å². The number of sulfonamides is 1. The average molecular weight is 418 g/mol. The molecule has 2 aromatic carbocycles. The highest BCUT2D eigenvalue weighted by molar-refractivity contribution is 7.89. The lowest BCUT2D eigenvalue weighted by Gasteiger charge is -2.34. The number of aryl methyl sites for hydroxylation is 1. The third-order valence-corrected chi connectivity index (χ3v) is 6.96. The number of benzene rings is 2. The number of methoxy groups -OCH3 is 1. The molecule has 0 spiro atoms. The first-order valence-electron chi connectivity index (χ1n) is 9.63. The Morgan fingerprint density at radius 1 is 1.03 bits per heavy atom.